The summed E-state index contributed by atoms with van der Waals surface area (Å²) in [6.45, 7) is 7.44. The third-order valence-electron chi connectivity index (χ3n) is 2.64. The van der Waals surface area contributed by atoms with Crippen LogP contribution in [0.1, 0.15) is 53.4 Å². The van der Waals surface area contributed by atoms with Crippen LogP contribution in [0.5, 0.6) is 0 Å². The zero-order chi connectivity index (χ0) is 15.1. The van der Waals surface area contributed by atoms with Crippen molar-refractivity contribution in [1.29, 1.82) is 0 Å². The van der Waals surface area contributed by atoms with Crippen molar-refractivity contribution in [3.05, 3.63) is 0 Å². The predicted molar refractivity (Wildman–Crippen MR) is 71.7 cm³/mol. The molecule has 0 radical (unpaired) electrons. The van der Waals surface area contributed by atoms with Gasteiger partial charge in [-0.05, 0) is 26.2 Å². The number of amides is 3. The summed E-state index contributed by atoms with van der Waals surface area (Å²) in [5, 5.41) is 13.5. The van der Waals surface area contributed by atoms with Gasteiger partial charge in [-0.2, -0.15) is 0 Å². The lowest BCUT2D eigenvalue weighted by Crippen LogP contribution is -2.50. The fourth-order valence-electron chi connectivity index (χ4n) is 1.89. The average Bonchev–Trinajstić information content (AvgIpc) is 2.12. The van der Waals surface area contributed by atoms with Gasteiger partial charge in [0.05, 0.1) is 0 Å². The second-order valence-electron chi connectivity index (χ2n) is 5.54. The number of aliphatic carboxylic acids is 1. The van der Waals surface area contributed by atoms with Crippen LogP contribution in [0.15, 0.2) is 0 Å². The molecule has 1 atom stereocenters. The molecular formula is C13H24N2O4. The minimum atomic E-state index is -0.950. The zero-order valence-corrected chi connectivity index (χ0v) is 12.1. The Morgan fingerprint density at radius 1 is 1.21 bits per heavy atom. The molecule has 1 unspecified atom stereocenters. The number of hydrogen-bond acceptors (Lipinski definition) is 3. The minimum absolute atomic E-state index is 0.0218. The molecule has 0 aliphatic carbocycles. The standard InChI is InChI=1S/C13H24N2O4/c1-5-6-13(3,4)15-12(19)14-10(16)7-9(2)8-11(17)18/h9H,5-8H2,1-4H3,(H,17,18)(H2,14,15,16,19). The van der Waals surface area contributed by atoms with Crippen LogP contribution in [-0.4, -0.2) is 28.6 Å². The average molecular weight is 272 g/mol. The van der Waals surface area contributed by atoms with Gasteiger partial charge in [-0.3, -0.25) is 14.9 Å². The third-order valence-corrected chi connectivity index (χ3v) is 2.64. The monoisotopic (exact) mass is 272 g/mol. The second-order valence-corrected chi connectivity index (χ2v) is 5.54. The number of rotatable bonds is 7. The molecule has 0 bridgehead atoms. The first-order valence-corrected chi connectivity index (χ1v) is 6.50. The van der Waals surface area contributed by atoms with Crippen molar-refractivity contribution in [2.24, 2.45) is 5.92 Å². The maximum atomic E-state index is 11.6. The Labute approximate surface area is 113 Å². The Balaban J connectivity index is 4.12. The molecule has 19 heavy (non-hydrogen) atoms. The van der Waals surface area contributed by atoms with Gasteiger partial charge in [0.25, 0.3) is 0 Å². The van der Waals surface area contributed by atoms with E-state index in [-0.39, 0.29) is 24.3 Å². The lowest BCUT2D eigenvalue weighted by atomic mass is 9.99. The summed E-state index contributed by atoms with van der Waals surface area (Å²) in [6.07, 6.45) is 1.67. The van der Waals surface area contributed by atoms with E-state index in [2.05, 4.69) is 10.6 Å². The van der Waals surface area contributed by atoms with Gasteiger partial charge in [0, 0.05) is 18.4 Å². The van der Waals surface area contributed by atoms with Crippen molar-refractivity contribution in [2.75, 3.05) is 0 Å². The third kappa shape index (κ3) is 9.04. The fraction of sp³-hybridized carbons (Fsp3) is 0.769. The summed E-state index contributed by atoms with van der Waals surface area (Å²) in [6, 6.07) is -0.536. The van der Waals surface area contributed by atoms with Crippen molar-refractivity contribution >= 4 is 17.9 Å². The number of nitrogens with one attached hydrogen (secondary N) is 2. The molecule has 0 aromatic carbocycles. The number of carboxylic acids is 1. The highest BCUT2D eigenvalue weighted by Crippen LogP contribution is 2.10. The Kier molecular flexibility index (Phi) is 7.11. The van der Waals surface area contributed by atoms with Crippen LogP contribution in [0.3, 0.4) is 0 Å². The SMILES string of the molecule is CCCC(C)(C)NC(=O)NC(=O)CC(C)CC(=O)O. The minimum Gasteiger partial charge on any atom is -0.481 e. The van der Waals surface area contributed by atoms with Gasteiger partial charge in [0.15, 0.2) is 0 Å². The normalized spacial score (nSPS) is 12.6. The van der Waals surface area contributed by atoms with Gasteiger partial charge in [-0.1, -0.05) is 20.3 Å². The Bertz CT molecular complexity index is 340. The molecule has 110 valence electrons. The van der Waals surface area contributed by atoms with E-state index in [9.17, 15) is 14.4 Å². The van der Waals surface area contributed by atoms with Gasteiger partial charge in [-0.25, -0.2) is 4.79 Å². The molecule has 0 aliphatic heterocycles. The summed E-state index contributed by atoms with van der Waals surface area (Å²) in [4.78, 5) is 33.6. The summed E-state index contributed by atoms with van der Waals surface area (Å²) in [5.74, 6) is -1.71. The van der Waals surface area contributed by atoms with Gasteiger partial charge < -0.3 is 10.4 Å². The molecule has 3 amide bonds. The zero-order valence-electron chi connectivity index (χ0n) is 12.1. The van der Waals surface area contributed by atoms with Crippen molar-refractivity contribution in [3.63, 3.8) is 0 Å². The molecule has 6 heteroatoms. The van der Waals surface area contributed by atoms with E-state index in [1.165, 1.54) is 0 Å². The van der Waals surface area contributed by atoms with Gasteiger partial charge >= 0.3 is 12.0 Å². The molecule has 6 nitrogen and oxygen atoms in total. The molecule has 0 saturated heterocycles. The first-order chi connectivity index (χ1) is 8.66. The largest absolute Gasteiger partial charge is 0.481 e. The second kappa shape index (κ2) is 7.76. The van der Waals surface area contributed by atoms with E-state index in [1.807, 2.05) is 20.8 Å². The van der Waals surface area contributed by atoms with Gasteiger partial charge in [-0.15, -0.1) is 0 Å². The first kappa shape index (κ1) is 17.4. The molecule has 0 aliphatic rings. The molecule has 0 spiro atoms. The highest BCUT2D eigenvalue weighted by Gasteiger charge is 2.21. The van der Waals surface area contributed by atoms with Crippen molar-refractivity contribution < 1.29 is 19.5 Å². The lowest BCUT2D eigenvalue weighted by molar-refractivity contribution is -0.138. The smallest absolute Gasteiger partial charge is 0.321 e. The summed E-state index contributed by atoms with van der Waals surface area (Å²) in [7, 11) is 0. The van der Waals surface area contributed by atoms with E-state index in [0.29, 0.717) is 0 Å². The number of urea groups is 1. The van der Waals surface area contributed by atoms with E-state index in [4.69, 9.17) is 5.11 Å². The molecular weight excluding hydrogens is 248 g/mol. The van der Waals surface area contributed by atoms with Crippen LogP contribution in [0.25, 0.3) is 0 Å². The van der Waals surface area contributed by atoms with Crippen molar-refractivity contribution in [2.45, 2.75) is 58.9 Å². The van der Waals surface area contributed by atoms with Crippen LogP contribution >= 0.6 is 0 Å². The maximum absolute atomic E-state index is 11.6. The topological polar surface area (TPSA) is 95.5 Å². The number of imide groups is 1. The lowest BCUT2D eigenvalue weighted by Gasteiger charge is -2.25. The number of carbonyl (C=O) groups excluding carboxylic acids is 2. The molecule has 0 aromatic rings. The number of carboxylic acid groups (broad SMARTS) is 1. The van der Waals surface area contributed by atoms with Crippen LogP contribution in [0.2, 0.25) is 0 Å². The summed E-state index contributed by atoms with van der Waals surface area (Å²) < 4.78 is 0. The maximum Gasteiger partial charge on any atom is 0.321 e. The predicted octanol–water partition coefficient (Wildman–Crippen LogP) is 1.89. The van der Waals surface area contributed by atoms with Crippen LogP contribution in [-0.2, 0) is 9.59 Å². The quantitative estimate of drug-likeness (QED) is 0.659. The van der Waals surface area contributed by atoms with E-state index in [0.717, 1.165) is 12.8 Å². The fourth-order valence-corrected chi connectivity index (χ4v) is 1.89. The highest BCUT2D eigenvalue weighted by atomic mass is 16.4. The molecule has 3 N–H and O–H groups in total. The van der Waals surface area contributed by atoms with Gasteiger partial charge in [0.2, 0.25) is 5.91 Å². The molecule has 0 heterocycles. The first-order valence-electron chi connectivity index (χ1n) is 6.50. The van der Waals surface area contributed by atoms with Crippen LogP contribution < -0.4 is 10.6 Å². The van der Waals surface area contributed by atoms with E-state index < -0.39 is 17.9 Å². The Morgan fingerprint density at radius 2 is 1.79 bits per heavy atom. The van der Waals surface area contributed by atoms with E-state index in [1.54, 1.807) is 6.92 Å². The summed E-state index contributed by atoms with van der Waals surface area (Å²) in [5.41, 5.74) is -0.369. The highest BCUT2D eigenvalue weighted by molar-refractivity contribution is 5.94. The Hall–Kier alpha value is -1.59. The number of hydrogen-bond donors (Lipinski definition) is 3. The van der Waals surface area contributed by atoms with Crippen LogP contribution in [0.4, 0.5) is 4.79 Å². The summed E-state index contributed by atoms with van der Waals surface area (Å²) >= 11 is 0. The number of carbonyl (C=O) groups is 3. The molecule has 0 saturated carbocycles. The van der Waals surface area contributed by atoms with E-state index >= 15 is 0 Å². The Morgan fingerprint density at radius 3 is 2.26 bits per heavy atom. The van der Waals surface area contributed by atoms with Gasteiger partial charge in [0.1, 0.15) is 0 Å². The molecule has 0 rings (SSSR count). The van der Waals surface area contributed by atoms with Crippen molar-refractivity contribution in [1.82, 2.24) is 10.6 Å². The van der Waals surface area contributed by atoms with Crippen molar-refractivity contribution in [3.8, 4) is 0 Å². The molecule has 0 fully saturated rings. The van der Waals surface area contributed by atoms with Crippen LogP contribution in [0, 0.1) is 5.92 Å². The molecule has 0 aromatic heterocycles.